The Morgan fingerprint density at radius 1 is 1.21 bits per heavy atom. The van der Waals surface area contributed by atoms with Gasteiger partial charge in [-0.25, -0.2) is 0 Å². The van der Waals surface area contributed by atoms with E-state index in [0.29, 0.717) is 12.0 Å². The molecule has 1 aromatic heterocycles. The number of nitrogens with one attached hydrogen (secondary N) is 1. The molecule has 0 aliphatic carbocycles. The zero-order valence-electron chi connectivity index (χ0n) is 12.3. The predicted octanol–water partition coefficient (Wildman–Crippen LogP) is 5.13. The number of hydrogen-bond acceptors (Lipinski definition) is 2. The average Bonchev–Trinajstić information content (AvgIpc) is 2.64. The standard InChI is InChI=1S/C16H22BrNO/c1-9(2)15-13-7-12(17)6-11(5)16(13)19-14(15)8-18-10(3)4/h6-7,9-10,18H,8H2,1-5H3. The van der Waals surface area contributed by atoms with Crippen LogP contribution in [-0.4, -0.2) is 6.04 Å². The third kappa shape index (κ3) is 3.03. The molecule has 0 spiro atoms. The molecule has 2 rings (SSSR count). The SMILES string of the molecule is Cc1cc(Br)cc2c(C(C)C)c(CNC(C)C)oc12. The molecule has 1 heterocycles. The van der Waals surface area contributed by atoms with Gasteiger partial charge in [-0.3, -0.25) is 0 Å². The second-order valence-electron chi connectivity index (χ2n) is 5.73. The number of halogens is 1. The summed E-state index contributed by atoms with van der Waals surface area (Å²) in [5.41, 5.74) is 3.53. The third-order valence-corrected chi connectivity index (χ3v) is 3.76. The molecule has 2 nitrogen and oxygen atoms in total. The molecule has 0 atom stereocenters. The highest BCUT2D eigenvalue weighted by molar-refractivity contribution is 9.10. The van der Waals surface area contributed by atoms with E-state index >= 15 is 0 Å². The van der Waals surface area contributed by atoms with E-state index in [1.807, 2.05) is 0 Å². The van der Waals surface area contributed by atoms with Crippen LogP contribution in [0, 0.1) is 6.92 Å². The lowest BCUT2D eigenvalue weighted by Crippen LogP contribution is -2.22. The Morgan fingerprint density at radius 3 is 2.47 bits per heavy atom. The van der Waals surface area contributed by atoms with Gasteiger partial charge in [0.1, 0.15) is 11.3 Å². The molecular formula is C16H22BrNO. The average molecular weight is 324 g/mol. The highest BCUT2D eigenvalue weighted by Crippen LogP contribution is 2.35. The first-order valence-corrected chi connectivity index (χ1v) is 7.64. The van der Waals surface area contributed by atoms with Crippen LogP contribution in [0.2, 0.25) is 0 Å². The van der Waals surface area contributed by atoms with Gasteiger partial charge in [0.25, 0.3) is 0 Å². The fraction of sp³-hybridized carbons (Fsp3) is 0.500. The molecule has 0 amide bonds. The van der Waals surface area contributed by atoms with E-state index in [1.165, 1.54) is 16.5 Å². The molecule has 0 saturated carbocycles. The Bertz CT molecular complexity index is 584. The predicted molar refractivity (Wildman–Crippen MR) is 84.7 cm³/mol. The molecule has 0 fully saturated rings. The van der Waals surface area contributed by atoms with Crippen LogP contribution in [0.4, 0.5) is 0 Å². The summed E-state index contributed by atoms with van der Waals surface area (Å²) >= 11 is 3.58. The third-order valence-electron chi connectivity index (χ3n) is 3.30. The number of furan rings is 1. The molecule has 3 heteroatoms. The van der Waals surface area contributed by atoms with E-state index in [2.05, 4.69) is 68.0 Å². The van der Waals surface area contributed by atoms with Crippen LogP contribution in [0.25, 0.3) is 11.0 Å². The Morgan fingerprint density at radius 2 is 1.89 bits per heavy atom. The number of fused-ring (bicyclic) bond motifs is 1. The quantitative estimate of drug-likeness (QED) is 0.844. The van der Waals surface area contributed by atoms with E-state index in [1.54, 1.807) is 0 Å². The molecule has 19 heavy (non-hydrogen) atoms. The van der Waals surface area contributed by atoms with Crippen LogP contribution < -0.4 is 5.32 Å². The smallest absolute Gasteiger partial charge is 0.137 e. The van der Waals surface area contributed by atoms with Crippen molar-refractivity contribution >= 4 is 26.9 Å². The van der Waals surface area contributed by atoms with Crippen molar-refractivity contribution in [3.05, 3.63) is 33.5 Å². The van der Waals surface area contributed by atoms with Gasteiger partial charge in [0.15, 0.2) is 0 Å². The summed E-state index contributed by atoms with van der Waals surface area (Å²) in [7, 11) is 0. The lowest BCUT2D eigenvalue weighted by atomic mass is 9.98. The fourth-order valence-corrected chi connectivity index (χ4v) is 3.03. The van der Waals surface area contributed by atoms with Gasteiger partial charge in [-0.2, -0.15) is 0 Å². The van der Waals surface area contributed by atoms with Crippen LogP contribution in [0.15, 0.2) is 21.0 Å². The molecule has 1 N–H and O–H groups in total. The van der Waals surface area contributed by atoms with E-state index < -0.39 is 0 Å². The minimum Gasteiger partial charge on any atom is -0.459 e. The van der Waals surface area contributed by atoms with Crippen molar-refractivity contribution in [3.63, 3.8) is 0 Å². The molecular weight excluding hydrogens is 302 g/mol. The molecule has 0 aliphatic heterocycles. The summed E-state index contributed by atoms with van der Waals surface area (Å²) < 4.78 is 7.23. The minimum atomic E-state index is 0.457. The van der Waals surface area contributed by atoms with Gasteiger partial charge >= 0.3 is 0 Å². The van der Waals surface area contributed by atoms with Crippen LogP contribution in [0.5, 0.6) is 0 Å². The Hall–Kier alpha value is -0.800. The fourth-order valence-electron chi connectivity index (χ4n) is 2.45. The molecule has 104 valence electrons. The number of benzene rings is 1. The maximum absolute atomic E-state index is 6.11. The maximum atomic E-state index is 6.11. The highest BCUT2D eigenvalue weighted by atomic mass is 79.9. The summed E-state index contributed by atoms with van der Waals surface area (Å²) in [5.74, 6) is 1.53. The van der Waals surface area contributed by atoms with Gasteiger partial charge in [0.05, 0.1) is 6.54 Å². The highest BCUT2D eigenvalue weighted by Gasteiger charge is 2.18. The summed E-state index contributed by atoms with van der Waals surface area (Å²) in [6.45, 7) is 11.6. The van der Waals surface area contributed by atoms with Gasteiger partial charge in [0.2, 0.25) is 0 Å². The van der Waals surface area contributed by atoms with Crippen molar-refractivity contribution in [1.29, 1.82) is 0 Å². The van der Waals surface area contributed by atoms with Crippen LogP contribution >= 0.6 is 15.9 Å². The lowest BCUT2D eigenvalue weighted by molar-refractivity contribution is 0.480. The second-order valence-corrected chi connectivity index (χ2v) is 6.64. The maximum Gasteiger partial charge on any atom is 0.137 e. The summed E-state index contributed by atoms with van der Waals surface area (Å²) in [6, 6.07) is 4.73. The van der Waals surface area contributed by atoms with Crippen molar-refractivity contribution in [3.8, 4) is 0 Å². The van der Waals surface area contributed by atoms with E-state index in [9.17, 15) is 0 Å². The van der Waals surface area contributed by atoms with Crippen LogP contribution in [0.3, 0.4) is 0 Å². The van der Waals surface area contributed by atoms with E-state index in [4.69, 9.17) is 4.42 Å². The van der Waals surface area contributed by atoms with Gasteiger partial charge < -0.3 is 9.73 Å². The Balaban J connectivity index is 2.57. The molecule has 0 radical (unpaired) electrons. The summed E-state index contributed by atoms with van der Waals surface area (Å²) in [6.07, 6.45) is 0. The largest absolute Gasteiger partial charge is 0.459 e. The lowest BCUT2D eigenvalue weighted by Gasteiger charge is -2.09. The van der Waals surface area contributed by atoms with Crippen molar-refractivity contribution in [2.45, 2.75) is 53.1 Å². The summed E-state index contributed by atoms with van der Waals surface area (Å²) in [4.78, 5) is 0. The second kappa shape index (κ2) is 5.68. The Kier molecular flexibility index (Phi) is 4.36. The molecule has 0 unspecified atom stereocenters. The molecule has 0 saturated heterocycles. The monoisotopic (exact) mass is 323 g/mol. The number of rotatable bonds is 4. The normalized spacial score (nSPS) is 12.0. The van der Waals surface area contributed by atoms with Crippen LogP contribution in [0.1, 0.15) is 50.5 Å². The van der Waals surface area contributed by atoms with Gasteiger partial charge in [0, 0.05) is 21.5 Å². The van der Waals surface area contributed by atoms with E-state index in [-0.39, 0.29) is 0 Å². The van der Waals surface area contributed by atoms with Crippen molar-refractivity contribution in [2.75, 3.05) is 0 Å². The Labute approximate surface area is 123 Å². The van der Waals surface area contributed by atoms with Gasteiger partial charge in [-0.05, 0) is 30.5 Å². The summed E-state index contributed by atoms with van der Waals surface area (Å²) in [5, 5.41) is 4.68. The molecule has 1 aromatic carbocycles. The van der Waals surface area contributed by atoms with Crippen molar-refractivity contribution < 1.29 is 4.42 Å². The van der Waals surface area contributed by atoms with Crippen LogP contribution in [-0.2, 0) is 6.54 Å². The van der Waals surface area contributed by atoms with Crippen molar-refractivity contribution in [2.24, 2.45) is 0 Å². The minimum absolute atomic E-state index is 0.457. The molecule has 0 aliphatic rings. The zero-order valence-corrected chi connectivity index (χ0v) is 13.9. The van der Waals surface area contributed by atoms with Gasteiger partial charge in [-0.15, -0.1) is 0 Å². The first kappa shape index (κ1) is 14.6. The zero-order chi connectivity index (χ0) is 14.2. The van der Waals surface area contributed by atoms with E-state index in [0.717, 1.165) is 22.4 Å². The molecule has 0 bridgehead atoms. The number of hydrogen-bond donors (Lipinski definition) is 1. The van der Waals surface area contributed by atoms with Gasteiger partial charge in [-0.1, -0.05) is 43.6 Å². The first-order chi connectivity index (χ1) is 8.90. The molecule has 2 aromatic rings. The van der Waals surface area contributed by atoms with Crippen molar-refractivity contribution in [1.82, 2.24) is 5.32 Å². The topological polar surface area (TPSA) is 25.2 Å². The first-order valence-electron chi connectivity index (χ1n) is 6.85. The number of aryl methyl sites for hydroxylation is 1.